The zero-order valence-electron chi connectivity index (χ0n) is 9.63. The number of fused-ring (bicyclic) bond motifs is 2. The Labute approximate surface area is 99.6 Å². The monoisotopic (exact) mass is 238 g/mol. The molecule has 2 fully saturated rings. The van der Waals surface area contributed by atoms with Crippen molar-refractivity contribution in [3.8, 4) is 0 Å². The van der Waals surface area contributed by atoms with Crippen LogP contribution in [0.3, 0.4) is 0 Å². The fourth-order valence-electron chi connectivity index (χ4n) is 2.95. The molecule has 1 N–H and O–H groups in total. The van der Waals surface area contributed by atoms with Crippen LogP contribution < -0.4 is 5.32 Å². The highest BCUT2D eigenvalue weighted by atomic mass is 19.1. The molecule has 92 valence electrons. The van der Waals surface area contributed by atoms with Gasteiger partial charge in [-0.2, -0.15) is 0 Å². The maximum atomic E-state index is 13.5. The third-order valence-electron chi connectivity index (χ3n) is 3.91. The average Bonchev–Trinajstić information content (AvgIpc) is 2.69. The van der Waals surface area contributed by atoms with Gasteiger partial charge in [0.1, 0.15) is 11.6 Å². The van der Waals surface area contributed by atoms with Gasteiger partial charge < -0.3 is 10.2 Å². The zero-order chi connectivity index (χ0) is 11.8. The van der Waals surface area contributed by atoms with Crippen molar-refractivity contribution in [1.29, 1.82) is 0 Å². The van der Waals surface area contributed by atoms with Crippen LogP contribution in [-0.4, -0.2) is 30.6 Å². The Bertz CT molecular complexity index is 422. The van der Waals surface area contributed by atoms with Crippen molar-refractivity contribution in [3.63, 3.8) is 0 Å². The van der Waals surface area contributed by atoms with E-state index in [1.807, 2.05) is 0 Å². The minimum Gasteiger partial charge on any atom is -0.380 e. The third-order valence-corrected chi connectivity index (χ3v) is 3.91. The number of hydrogen-bond donors (Lipinski definition) is 1. The summed E-state index contributed by atoms with van der Waals surface area (Å²) in [5.41, 5.74) is 0.428. The quantitative estimate of drug-likeness (QED) is 0.851. The molecule has 2 saturated heterocycles. The van der Waals surface area contributed by atoms with Gasteiger partial charge in [-0.3, -0.25) is 0 Å². The first kappa shape index (κ1) is 11.0. The summed E-state index contributed by atoms with van der Waals surface area (Å²) in [5, 5.41) is 3.24. The molecule has 2 aliphatic heterocycles. The Morgan fingerprint density at radius 3 is 2.82 bits per heavy atom. The van der Waals surface area contributed by atoms with Gasteiger partial charge in [0, 0.05) is 25.2 Å². The van der Waals surface area contributed by atoms with Gasteiger partial charge >= 0.3 is 0 Å². The number of anilines is 1. The van der Waals surface area contributed by atoms with Gasteiger partial charge in [0.05, 0.1) is 5.69 Å². The summed E-state index contributed by atoms with van der Waals surface area (Å²) in [6, 6.07) is 4.06. The van der Waals surface area contributed by atoms with Crippen LogP contribution in [0.25, 0.3) is 0 Å². The molecule has 2 aliphatic rings. The Kier molecular flexibility index (Phi) is 2.74. The summed E-state index contributed by atoms with van der Waals surface area (Å²) in [6.07, 6.45) is 2.22. The molecule has 0 radical (unpaired) electrons. The highest BCUT2D eigenvalue weighted by molar-refractivity contribution is 5.45. The summed E-state index contributed by atoms with van der Waals surface area (Å²) in [4.78, 5) is 2.45. The Balaban J connectivity index is 1.73. The number of nitrogens with zero attached hydrogens (tertiary/aromatic N) is 1. The van der Waals surface area contributed by atoms with Crippen molar-refractivity contribution in [2.75, 3.05) is 25.0 Å². The van der Waals surface area contributed by atoms with E-state index in [0.29, 0.717) is 17.6 Å². The summed E-state index contributed by atoms with van der Waals surface area (Å²) >= 11 is 0. The molecule has 3 unspecified atom stereocenters. The molecule has 3 rings (SSSR count). The van der Waals surface area contributed by atoms with Crippen LogP contribution in [0.4, 0.5) is 14.5 Å². The van der Waals surface area contributed by atoms with Gasteiger partial charge in [0.2, 0.25) is 0 Å². The predicted octanol–water partition coefficient (Wildman–Crippen LogP) is 2.47. The smallest absolute Gasteiger partial charge is 0.149 e. The lowest BCUT2D eigenvalue weighted by atomic mass is 9.94. The molecule has 2 bridgehead atoms. The Morgan fingerprint density at radius 2 is 2.00 bits per heavy atom. The van der Waals surface area contributed by atoms with Gasteiger partial charge in [-0.05, 0) is 37.4 Å². The second-order valence-corrected chi connectivity index (χ2v) is 5.01. The van der Waals surface area contributed by atoms with Crippen molar-refractivity contribution in [2.24, 2.45) is 5.92 Å². The molecule has 0 aromatic heterocycles. The zero-order valence-corrected chi connectivity index (χ0v) is 9.63. The van der Waals surface area contributed by atoms with Crippen LogP contribution in [0.15, 0.2) is 18.2 Å². The maximum absolute atomic E-state index is 13.5. The number of benzene rings is 1. The van der Waals surface area contributed by atoms with E-state index in [-0.39, 0.29) is 0 Å². The summed E-state index contributed by atoms with van der Waals surface area (Å²) < 4.78 is 26.3. The van der Waals surface area contributed by atoms with Crippen molar-refractivity contribution in [2.45, 2.75) is 18.9 Å². The SMILES string of the molecule is Fc1ccc(NC2CCN3CCC2C3)c(F)c1. The molecule has 0 aliphatic carbocycles. The number of nitrogens with one attached hydrogen (secondary N) is 1. The fraction of sp³-hybridized carbons (Fsp3) is 0.538. The number of halogens is 2. The van der Waals surface area contributed by atoms with Crippen molar-refractivity contribution >= 4 is 5.69 Å². The van der Waals surface area contributed by atoms with Crippen LogP contribution in [0.5, 0.6) is 0 Å². The molecule has 1 aromatic carbocycles. The molecule has 2 heterocycles. The minimum atomic E-state index is -0.524. The molecular weight excluding hydrogens is 222 g/mol. The van der Waals surface area contributed by atoms with Crippen molar-refractivity contribution in [1.82, 2.24) is 4.90 Å². The highest BCUT2D eigenvalue weighted by Gasteiger charge is 2.34. The Hall–Kier alpha value is -1.16. The summed E-state index contributed by atoms with van der Waals surface area (Å²) in [5.74, 6) is -0.414. The lowest BCUT2D eigenvalue weighted by Gasteiger charge is -2.31. The standard InChI is InChI=1S/C13H16F2N2/c14-10-1-2-13(11(15)7-10)16-12-4-6-17-5-3-9(12)8-17/h1-2,7,9,12,16H,3-6,8H2. The van der Waals surface area contributed by atoms with Crippen LogP contribution in [0, 0.1) is 17.6 Å². The summed E-state index contributed by atoms with van der Waals surface area (Å²) in [6.45, 7) is 3.35. The van der Waals surface area contributed by atoms with Gasteiger partial charge in [0.25, 0.3) is 0 Å². The van der Waals surface area contributed by atoms with E-state index in [1.165, 1.54) is 18.6 Å². The van der Waals surface area contributed by atoms with E-state index in [9.17, 15) is 8.78 Å². The normalized spacial score (nSPS) is 31.5. The number of piperidine rings is 1. The molecular formula is C13H16F2N2. The van der Waals surface area contributed by atoms with E-state index in [4.69, 9.17) is 0 Å². The molecule has 1 aromatic rings. The molecule has 2 nitrogen and oxygen atoms in total. The van der Waals surface area contributed by atoms with Gasteiger partial charge in [-0.25, -0.2) is 8.78 Å². The van der Waals surface area contributed by atoms with Gasteiger partial charge in [0.15, 0.2) is 0 Å². The fourth-order valence-corrected chi connectivity index (χ4v) is 2.95. The largest absolute Gasteiger partial charge is 0.380 e. The first-order valence-corrected chi connectivity index (χ1v) is 6.16. The number of rotatable bonds is 2. The van der Waals surface area contributed by atoms with E-state index in [2.05, 4.69) is 10.2 Å². The maximum Gasteiger partial charge on any atom is 0.149 e. The lowest BCUT2D eigenvalue weighted by molar-refractivity contribution is 0.254. The highest BCUT2D eigenvalue weighted by Crippen LogP contribution is 2.30. The van der Waals surface area contributed by atoms with Crippen LogP contribution in [0.2, 0.25) is 0 Å². The second kappa shape index (κ2) is 4.26. The van der Waals surface area contributed by atoms with E-state index in [0.717, 1.165) is 32.1 Å². The van der Waals surface area contributed by atoms with Gasteiger partial charge in [-0.15, -0.1) is 0 Å². The Morgan fingerprint density at radius 1 is 1.18 bits per heavy atom. The summed E-state index contributed by atoms with van der Waals surface area (Å²) in [7, 11) is 0. The van der Waals surface area contributed by atoms with E-state index >= 15 is 0 Å². The average molecular weight is 238 g/mol. The molecule has 17 heavy (non-hydrogen) atoms. The third kappa shape index (κ3) is 2.14. The van der Waals surface area contributed by atoms with Crippen LogP contribution in [0.1, 0.15) is 12.8 Å². The molecule has 0 saturated carbocycles. The van der Waals surface area contributed by atoms with Crippen LogP contribution >= 0.6 is 0 Å². The molecule has 0 amide bonds. The first-order valence-electron chi connectivity index (χ1n) is 6.16. The lowest BCUT2D eigenvalue weighted by Crippen LogP contribution is -2.39. The first-order chi connectivity index (χ1) is 8.22. The predicted molar refractivity (Wildman–Crippen MR) is 62.9 cm³/mol. The molecule has 3 atom stereocenters. The van der Waals surface area contributed by atoms with Crippen LogP contribution in [-0.2, 0) is 0 Å². The number of hydrogen-bond acceptors (Lipinski definition) is 2. The molecule has 0 spiro atoms. The topological polar surface area (TPSA) is 15.3 Å². The van der Waals surface area contributed by atoms with Crippen molar-refractivity contribution in [3.05, 3.63) is 29.8 Å². The van der Waals surface area contributed by atoms with Crippen molar-refractivity contribution < 1.29 is 8.78 Å². The minimum absolute atomic E-state index is 0.328. The van der Waals surface area contributed by atoms with Gasteiger partial charge in [-0.1, -0.05) is 0 Å². The van der Waals surface area contributed by atoms with E-state index < -0.39 is 11.6 Å². The second-order valence-electron chi connectivity index (χ2n) is 5.01. The molecule has 4 heteroatoms. The van der Waals surface area contributed by atoms with E-state index in [1.54, 1.807) is 0 Å².